The fraction of sp³-hybridized carbons (Fsp3) is 0.533. The van der Waals surface area contributed by atoms with Crippen molar-refractivity contribution in [2.45, 2.75) is 26.0 Å². The molecule has 4 nitrogen and oxygen atoms in total. The van der Waals surface area contributed by atoms with Gasteiger partial charge in [-0.25, -0.2) is 4.39 Å². The van der Waals surface area contributed by atoms with Crippen molar-refractivity contribution in [3.05, 3.63) is 29.6 Å². The van der Waals surface area contributed by atoms with Gasteiger partial charge in [0.05, 0.1) is 12.2 Å². The smallest absolute Gasteiger partial charge is 0.137 e. The number of rotatable bonds is 5. The standard InChI is InChI=1S/C15H21FN2O2S/c1-10(2)18-6-7-19-11(8-18)9-20-13-5-3-4-12(16)14(13)15(17)21/h3-5,10-11H,6-9H2,1-2H3,(H2,17,21). The molecule has 0 spiro atoms. The number of hydrogen-bond donors (Lipinski definition) is 1. The van der Waals surface area contributed by atoms with Gasteiger partial charge in [0.15, 0.2) is 0 Å². The van der Waals surface area contributed by atoms with Gasteiger partial charge in [0.2, 0.25) is 0 Å². The van der Waals surface area contributed by atoms with Crippen molar-refractivity contribution in [1.29, 1.82) is 0 Å². The fourth-order valence-electron chi connectivity index (χ4n) is 2.36. The van der Waals surface area contributed by atoms with Crippen LogP contribution in [0.3, 0.4) is 0 Å². The largest absolute Gasteiger partial charge is 0.490 e. The topological polar surface area (TPSA) is 47.7 Å². The number of benzene rings is 1. The molecule has 0 bridgehead atoms. The van der Waals surface area contributed by atoms with E-state index < -0.39 is 5.82 Å². The van der Waals surface area contributed by atoms with Crippen molar-refractivity contribution in [3.8, 4) is 5.75 Å². The first kappa shape index (κ1) is 16.1. The van der Waals surface area contributed by atoms with Gasteiger partial charge >= 0.3 is 0 Å². The first-order valence-electron chi connectivity index (χ1n) is 7.05. The van der Waals surface area contributed by atoms with Gasteiger partial charge in [0.25, 0.3) is 0 Å². The molecule has 1 aliphatic rings. The predicted octanol–water partition coefficient (Wildman–Crippen LogP) is 1.95. The van der Waals surface area contributed by atoms with E-state index in [9.17, 15) is 4.39 Å². The van der Waals surface area contributed by atoms with Crippen molar-refractivity contribution < 1.29 is 13.9 Å². The van der Waals surface area contributed by atoms with E-state index in [2.05, 4.69) is 18.7 Å². The summed E-state index contributed by atoms with van der Waals surface area (Å²) in [5, 5.41) is 0. The van der Waals surface area contributed by atoms with E-state index in [1.807, 2.05) is 0 Å². The van der Waals surface area contributed by atoms with E-state index in [1.165, 1.54) is 6.07 Å². The quantitative estimate of drug-likeness (QED) is 0.842. The van der Waals surface area contributed by atoms with Crippen LogP contribution in [0.2, 0.25) is 0 Å². The van der Waals surface area contributed by atoms with E-state index in [0.717, 1.165) is 13.1 Å². The molecular weight excluding hydrogens is 291 g/mol. The maximum Gasteiger partial charge on any atom is 0.137 e. The lowest BCUT2D eigenvalue weighted by molar-refractivity contribution is -0.0565. The van der Waals surface area contributed by atoms with Gasteiger partial charge in [0, 0.05) is 19.1 Å². The number of nitrogens with zero attached hydrogens (tertiary/aromatic N) is 1. The molecule has 1 fully saturated rings. The summed E-state index contributed by atoms with van der Waals surface area (Å²) >= 11 is 4.88. The molecule has 1 aromatic rings. The Hall–Kier alpha value is -1.24. The molecule has 21 heavy (non-hydrogen) atoms. The Morgan fingerprint density at radius 3 is 3.00 bits per heavy atom. The summed E-state index contributed by atoms with van der Waals surface area (Å²) in [5.74, 6) is -0.0962. The van der Waals surface area contributed by atoms with Gasteiger partial charge in [-0.05, 0) is 26.0 Å². The first-order valence-corrected chi connectivity index (χ1v) is 7.46. The lowest BCUT2D eigenvalue weighted by atomic mass is 10.2. The molecule has 116 valence electrons. The zero-order valence-electron chi connectivity index (χ0n) is 12.3. The first-order chi connectivity index (χ1) is 9.99. The minimum Gasteiger partial charge on any atom is -0.490 e. The molecule has 1 atom stereocenters. The van der Waals surface area contributed by atoms with Crippen LogP contribution in [-0.2, 0) is 4.74 Å². The molecule has 0 radical (unpaired) electrons. The van der Waals surface area contributed by atoms with Gasteiger partial charge < -0.3 is 15.2 Å². The molecule has 2 rings (SSSR count). The zero-order valence-corrected chi connectivity index (χ0v) is 13.2. The molecule has 1 saturated heterocycles. The Balaban J connectivity index is 2.00. The van der Waals surface area contributed by atoms with Crippen LogP contribution in [-0.4, -0.2) is 48.3 Å². The van der Waals surface area contributed by atoms with E-state index in [-0.39, 0.29) is 16.7 Å². The van der Waals surface area contributed by atoms with Crippen LogP contribution in [0.5, 0.6) is 5.75 Å². The van der Waals surface area contributed by atoms with Gasteiger partial charge in [0.1, 0.15) is 29.3 Å². The number of halogens is 1. The molecule has 2 N–H and O–H groups in total. The molecule has 1 aliphatic heterocycles. The van der Waals surface area contributed by atoms with Crippen molar-refractivity contribution >= 4 is 17.2 Å². The Morgan fingerprint density at radius 2 is 2.33 bits per heavy atom. The van der Waals surface area contributed by atoms with Crippen molar-refractivity contribution in [3.63, 3.8) is 0 Å². The number of morpholine rings is 1. The monoisotopic (exact) mass is 312 g/mol. The molecular formula is C15H21FN2O2S. The van der Waals surface area contributed by atoms with Crippen molar-refractivity contribution in [2.75, 3.05) is 26.3 Å². The molecule has 1 unspecified atom stereocenters. The van der Waals surface area contributed by atoms with Crippen molar-refractivity contribution in [2.24, 2.45) is 5.73 Å². The molecule has 0 saturated carbocycles. The average molecular weight is 312 g/mol. The maximum atomic E-state index is 13.7. The summed E-state index contributed by atoms with van der Waals surface area (Å²) in [4.78, 5) is 2.33. The highest BCUT2D eigenvalue weighted by Gasteiger charge is 2.23. The summed E-state index contributed by atoms with van der Waals surface area (Å²) in [6.45, 7) is 7.06. The number of ether oxygens (including phenoxy) is 2. The zero-order chi connectivity index (χ0) is 15.4. The van der Waals surface area contributed by atoms with E-state index in [1.54, 1.807) is 12.1 Å². The van der Waals surface area contributed by atoms with E-state index >= 15 is 0 Å². The second-order valence-corrected chi connectivity index (χ2v) is 5.81. The van der Waals surface area contributed by atoms with Crippen LogP contribution in [0.25, 0.3) is 0 Å². The van der Waals surface area contributed by atoms with Crippen LogP contribution in [0.4, 0.5) is 4.39 Å². The van der Waals surface area contributed by atoms with Gasteiger partial charge in [-0.2, -0.15) is 0 Å². The van der Waals surface area contributed by atoms with Crippen LogP contribution in [0.1, 0.15) is 19.4 Å². The molecule has 1 heterocycles. The van der Waals surface area contributed by atoms with Crippen LogP contribution >= 0.6 is 12.2 Å². The normalized spacial score (nSPS) is 19.7. The lowest BCUT2D eigenvalue weighted by Gasteiger charge is -2.35. The number of thiocarbonyl (C=S) groups is 1. The second kappa shape index (κ2) is 7.15. The molecule has 6 heteroatoms. The van der Waals surface area contributed by atoms with Crippen molar-refractivity contribution in [1.82, 2.24) is 4.90 Å². The SMILES string of the molecule is CC(C)N1CCOC(COc2cccc(F)c2C(N)=S)C1. The Morgan fingerprint density at radius 1 is 1.57 bits per heavy atom. The van der Waals surface area contributed by atoms with Gasteiger partial charge in [-0.3, -0.25) is 4.90 Å². The highest BCUT2D eigenvalue weighted by atomic mass is 32.1. The summed E-state index contributed by atoms with van der Waals surface area (Å²) in [6.07, 6.45) is -0.0383. The van der Waals surface area contributed by atoms with Gasteiger partial charge in [-0.1, -0.05) is 18.3 Å². The van der Waals surface area contributed by atoms with Crippen LogP contribution < -0.4 is 10.5 Å². The third-order valence-electron chi connectivity index (χ3n) is 3.55. The summed E-state index contributed by atoms with van der Waals surface area (Å²) < 4.78 is 25.1. The molecule has 0 amide bonds. The highest BCUT2D eigenvalue weighted by molar-refractivity contribution is 7.80. The maximum absolute atomic E-state index is 13.7. The number of nitrogens with two attached hydrogens (primary N) is 1. The Labute approximate surface area is 130 Å². The predicted molar refractivity (Wildman–Crippen MR) is 84.2 cm³/mol. The minimum absolute atomic E-state index is 0.00327. The summed E-state index contributed by atoms with van der Waals surface area (Å²) in [7, 11) is 0. The van der Waals surface area contributed by atoms with Crippen LogP contribution in [0, 0.1) is 5.82 Å². The lowest BCUT2D eigenvalue weighted by Crippen LogP contribution is -2.47. The van der Waals surface area contributed by atoms with Gasteiger partial charge in [-0.15, -0.1) is 0 Å². The van der Waals surface area contributed by atoms with E-state index in [0.29, 0.717) is 25.0 Å². The third-order valence-corrected chi connectivity index (χ3v) is 3.75. The highest BCUT2D eigenvalue weighted by Crippen LogP contribution is 2.22. The Kier molecular flexibility index (Phi) is 5.50. The van der Waals surface area contributed by atoms with E-state index in [4.69, 9.17) is 27.4 Å². The fourth-order valence-corrected chi connectivity index (χ4v) is 2.56. The average Bonchev–Trinajstić information content (AvgIpc) is 2.45. The Bertz CT molecular complexity index is 510. The summed E-state index contributed by atoms with van der Waals surface area (Å²) in [6, 6.07) is 5.03. The summed E-state index contributed by atoms with van der Waals surface area (Å²) in [5.41, 5.74) is 5.71. The second-order valence-electron chi connectivity index (χ2n) is 5.37. The molecule has 0 aliphatic carbocycles. The minimum atomic E-state index is -0.464. The number of hydrogen-bond acceptors (Lipinski definition) is 4. The van der Waals surface area contributed by atoms with Crippen LogP contribution in [0.15, 0.2) is 18.2 Å². The third kappa shape index (κ3) is 4.12. The molecule has 0 aromatic heterocycles. The molecule has 1 aromatic carbocycles.